The van der Waals surface area contributed by atoms with Gasteiger partial charge in [-0.2, -0.15) is 0 Å². The van der Waals surface area contributed by atoms with Gasteiger partial charge in [0, 0.05) is 37.7 Å². The zero-order valence-electron chi connectivity index (χ0n) is 10.6. The van der Waals surface area contributed by atoms with E-state index < -0.39 is 0 Å². The fourth-order valence-electron chi connectivity index (χ4n) is 2.63. The highest BCUT2D eigenvalue weighted by Crippen LogP contribution is 2.13. The van der Waals surface area contributed by atoms with E-state index in [-0.39, 0.29) is 0 Å². The quantitative estimate of drug-likeness (QED) is 0.650. The van der Waals surface area contributed by atoms with Crippen LogP contribution in [-0.4, -0.2) is 41.9 Å². The van der Waals surface area contributed by atoms with E-state index >= 15 is 0 Å². The number of hydrogen-bond acceptors (Lipinski definition) is 1. The summed E-state index contributed by atoms with van der Waals surface area (Å²) in [6, 6.07) is 0. The number of piperidine rings is 2. The SMILES string of the molecule is C/C(=C\C=[N+]1CCCCC1)N1CCCCC1. The van der Waals surface area contributed by atoms with Crippen molar-refractivity contribution in [3.05, 3.63) is 11.8 Å². The molecule has 2 aliphatic heterocycles. The Bertz CT molecular complexity index is 264. The van der Waals surface area contributed by atoms with Gasteiger partial charge in [-0.3, -0.25) is 0 Å². The Hall–Kier alpha value is -0.790. The van der Waals surface area contributed by atoms with Crippen LogP contribution in [0, 0.1) is 0 Å². The van der Waals surface area contributed by atoms with Crippen LogP contribution in [0.4, 0.5) is 0 Å². The molecule has 90 valence electrons. The first-order valence-corrected chi connectivity index (χ1v) is 6.87. The van der Waals surface area contributed by atoms with E-state index in [0.717, 1.165) is 0 Å². The topological polar surface area (TPSA) is 6.25 Å². The molecule has 0 amide bonds. The lowest BCUT2D eigenvalue weighted by Crippen LogP contribution is -2.28. The molecule has 0 bridgehead atoms. The summed E-state index contributed by atoms with van der Waals surface area (Å²) >= 11 is 0. The summed E-state index contributed by atoms with van der Waals surface area (Å²) in [6.07, 6.45) is 12.9. The van der Waals surface area contributed by atoms with Crippen molar-refractivity contribution in [2.45, 2.75) is 45.4 Å². The van der Waals surface area contributed by atoms with Crippen molar-refractivity contribution >= 4 is 6.21 Å². The molecule has 2 heteroatoms. The van der Waals surface area contributed by atoms with Crippen molar-refractivity contribution < 1.29 is 4.58 Å². The van der Waals surface area contributed by atoms with Gasteiger partial charge in [0.2, 0.25) is 0 Å². The maximum absolute atomic E-state index is 2.53. The first-order valence-electron chi connectivity index (χ1n) is 6.87. The lowest BCUT2D eigenvalue weighted by molar-refractivity contribution is -0.532. The minimum Gasteiger partial charge on any atom is -0.375 e. The Labute approximate surface area is 99.6 Å². The predicted octanol–water partition coefficient (Wildman–Crippen LogP) is 2.64. The molecule has 2 nitrogen and oxygen atoms in total. The summed E-state index contributed by atoms with van der Waals surface area (Å²) in [6.45, 7) is 7.28. The number of nitrogens with zero attached hydrogens (tertiary/aromatic N) is 2. The third-order valence-electron chi connectivity index (χ3n) is 3.77. The molecule has 0 radical (unpaired) electrons. The first-order chi connectivity index (χ1) is 7.86. The maximum Gasteiger partial charge on any atom is 0.165 e. The molecule has 0 atom stereocenters. The van der Waals surface area contributed by atoms with Gasteiger partial charge < -0.3 is 4.90 Å². The number of hydrogen-bond donors (Lipinski definition) is 0. The van der Waals surface area contributed by atoms with Crippen molar-refractivity contribution in [3.8, 4) is 0 Å². The highest BCUT2D eigenvalue weighted by Gasteiger charge is 2.11. The van der Waals surface area contributed by atoms with E-state index in [2.05, 4.69) is 28.7 Å². The molecular weight excluding hydrogens is 196 g/mol. The zero-order chi connectivity index (χ0) is 11.2. The molecule has 0 aromatic carbocycles. The van der Waals surface area contributed by atoms with Crippen LogP contribution >= 0.6 is 0 Å². The molecule has 0 unspecified atom stereocenters. The fourth-order valence-corrected chi connectivity index (χ4v) is 2.63. The van der Waals surface area contributed by atoms with Crippen molar-refractivity contribution in [1.29, 1.82) is 0 Å². The van der Waals surface area contributed by atoms with Crippen molar-refractivity contribution in [2.75, 3.05) is 26.2 Å². The van der Waals surface area contributed by atoms with Crippen LogP contribution in [0.5, 0.6) is 0 Å². The average molecular weight is 221 g/mol. The Balaban J connectivity index is 1.89. The third kappa shape index (κ3) is 3.36. The van der Waals surface area contributed by atoms with Crippen LogP contribution in [0.3, 0.4) is 0 Å². The van der Waals surface area contributed by atoms with Crippen LogP contribution in [0.15, 0.2) is 11.8 Å². The molecule has 0 saturated carbocycles. The summed E-state index contributed by atoms with van der Waals surface area (Å²) in [5.74, 6) is 0. The Morgan fingerprint density at radius 1 is 0.938 bits per heavy atom. The molecule has 2 fully saturated rings. The van der Waals surface area contributed by atoms with E-state index in [1.807, 2.05) is 0 Å². The predicted molar refractivity (Wildman–Crippen MR) is 69.1 cm³/mol. The molecule has 0 aliphatic carbocycles. The first kappa shape index (κ1) is 11.7. The molecule has 0 spiro atoms. The van der Waals surface area contributed by atoms with Crippen LogP contribution in [0.25, 0.3) is 0 Å². The Morgan fingerprint density at radius 2 is 1.56 bits per heavy atom. The van der Waals surface area contributed by atoms with Crippen LogP contribution in [0.2, 0.25) is 0 Å². The Morgan fingerprint density at radius 3 is 2.25 bits per heavy atom. The van der Waals surface area contributed by atoms with Gasteiger partial charge in [0.05, 0.1) is 0 Å². The van der Waals surface area contributed by atoms with Gasteiger partial charge in [-0.25, -0.2) is 4.58 Å². The van der Waals surface area contributed by atoms with Crippen molar-refractivity contribution in [3.63, 3.8) is 0 Å². The second-order valence-corrected chi connectivity index (χ2v) is 5.10. The van der Waals surface area contributed by atoms with Crippen LogP contribution < -0.4 is 0 Å². The van der Waals surface area contributed by atoms with E-state index in [4.69, 9.17) is 0 Å². The van der Waals surface area contributed by atoms with Gasteiger partial charge in [-0.1, -0.05) is 0 Å². The van der Waals surface area contributed by atoms with E-state index in [0.29, 0.717) is 0 Å². The Kier molecular flexibility index (Phi) is 4.44. The van der Waals surface area contributed by atoms with E-state index in [1.165, 1.54) is 70.4 Å². The highest BCUT2D eigenvalue weighted by molar-refractivity contribution is 5.67. The van der Waals surface area contributed by atoms with Gasteiger partial charge >= 0.3 is 0 Å². The molecular formula is C14H25N2+. The van der Waals surface area contributed by atoms with E-state index in [1.54, 1.807) is 0 Å². The van der Waals surface area contributed by atoms with Gasteiger partial charge in [0.1, 0.15) is 13.1 Å². The summed E-state index contributed by atoms with van der Waals surface area (Å²) in [4.78, 5) is 2.53. The number of allylic oxidation sites excluding steroid dienone is 2. The van der Waals surface area contributed by atoms with Gasteiger partial charge in [0.25, 0.3) is 0 Å². The van der Waals surface area contributed by atoms with Crippen LogP contribution in [0.1, 0.15) is 45.4 Å². The summed E-state index contributed by atoms with van der Waals surface area (Å²) in [7, 11) is 0. The zero-order valence-corrected chi connectivity index (χ0v) is 10.6. The lowest BCUT2D eigenvalue weighted by Gasteiger charge is -2.28. The third-order valence-corrected chi connectivity index (χ3v) is 3.77. The molecule has 2 aliphatic rings. The molecule has 16 heavy (non-hydrogen) atoms. The molecule has 2 rings (SSSR count). The number of likely N-dealkylation sites (tertiary alicyclic amines) is 1. The maximum atomic E-state index is 2.53. The summed E-state index contributed by atoms with van der Waals surface area (Å²) in [5, 5.41) is 0. The van der Waals surface area contributed by atoms with Gasteiger partial charge in [-0.15, -0.1) is 0 Å². The molecule has 0 aromatic rings. The van der Waals surface area contributed by atoms with Crippen molar-refractivity contribution in [2.24, 2.45) is 0 Å². The molecule has 0 aromatic heterocycles. The summed E-state index contributed by atoms with van der Waals surface area (Å²) in [5.41, 5.74) is 1.45. The average Bonchev–Trinajstić information content (AvgIpc) is 2.38. The molecule has 0 N–H and O–H groups in total. The van der Waals surface area contributed by atoms with Crippen molar-refractivity contribution in [1.82, 2.24) is 4.90 Å². The normalized spacial score (nSPS) is 23.4. The fraction of sp³-hybridized carbons (Fsp3) is 0.786. The van der Waals surface area contributed by atoms with E-state index in [9.17, 15) is 0 Å². The number of rotatable bonds is 2. The second-order valence-electron chi connectivity index (χ2n) is 5.10. The molecule has 2 heterocycles. The monoisotopic (exact) mass is 221 g/mol. The minimum atomic E-state index is 1.25. The smallest absolute Gasteiger partial charge is 0.165 e. The van der Waals surface area contributed by atoms with Crippen LogP contribution in [-0.2, 0) is 0 Å². The lowest BCUT2D eigenvalue weighted by atomic mass is 10.1. The van der Waals surface area contributed by atoms with Gasteiger partial charge in [-0.05, 0) is 32.6 Å². The molecule has 2 saturated heterocycles. The second kappa shape index (κ2) is 6.07. The van der Waals surface area contributed by atoms with Gasteiger partial charge in [0.15, 0.2) is 6.21 Å². The highest BCUT2D eigenvalue weighted by atomic mass is 15.1. The standard InChI is InChI=1S/C14H25N2/c1-14(16-11-6-3-7-12-16)8-13-15-9-4-2-5-10-15/h8,13H,2-7,9-12H2,1H3/q+1. The summed E-state index contributed by atoms with van der Waals surface area (Å²) < 4.78 is 2.47. The largest absolute Gasteiger partial charge is 0.375 e. The minimum absolute atomic E-state index is 1.25.